The summed E-state index contributed by atoms with van der Waals surface area (Å²) in [5.41, 5.74) is 3.40. The molecule has 7 heteroatoms. The van der Waals surface area contributed by atoms with Gasteiger partial charge in [-0.2, -0.15) is 5.10 Å². The first kappa shape index (κ1) is 14.5. The Labute approximate surface area is 134 Å². The molecule has 2 aromatic heterocycles. The average molecular weight is 369 g/mol. The molecule has 0 aliphatic carbocycles. The van der Waals surface area contributed by atoms with Gasteiger partial charge in [-0.05, 0) is 52.8 Å². The summed E-state index contributed by atoms with van der Waals surface area (Å²) >= 11 is 8.87. The molecule has 4 nitrogen and oxygen atoms in total. The van der Waals surface area contributed by atoms with E-state index in [0.29, 0.717) is 10.5 Å². The molecule has 1 N–H and O–H groups in total. The predicted octanol–water partition coefficient (Wildman–Crippen LogP) is 4.28. The number of aryl methyl sites for hydroxylation is 2. The standard InChI is InChI=1S/C14H14BrFN4S/c1-3-4-10-12-13(19(2)18-10)20(14(21)17-12)11-7-8(16)5-6-9(11)15/h5-7H,3-4H2,1-2H3,(H,17,21). The first-order valence-corrected chi connectivity index (χ1v) is 7.85. The third kappa shape index (κ3) is 2.34. The molecule has 110 valence electrons. The topological polar surface area (TPSA) is 38.5 Å². The van der Waals surface area contributed by atoms with Crippen LogP contribution in [0, 0.1) is 10.6 Å². The highest BCUT2D eigenvalue weighted by molar-refractivity contribution is 9.10. The van der Waals surface area contributed by atoms with Crippen molar-refractivity contribution in [1.29, 1.82) is 0 Å². The third-order valence-electron chi connectivity index (χ3n) is 3.37. The maximum atomic E-state index is 13.6. The molecule has 0 unspecified atom stereocenters. The van der Waals surface area contributed by atoms with Crippen molar-refractivity contribution >= 4 is 39.3 Å². The summed E-state index contributed by atoms with van der Waals surface area (Å²) in [4.78, 5) is 3.20. The molecule has 0 radical (unpaired) electrons. The summed E-state index contributed by atoms with van der Waals surface area (Å²) in [6.07, 6.45) is 1.87. The Morgan fingerprint density at radius 1 is 1.43 bits per heavy atom. The van der Waals surface area contributed by atoms with Crippen LogP contribution in [0.25, 0.3) is 16.9 Å². The molecule has 3 aromatic rings. The summed E-state index contributed by atoms with van der Waals surface area (Å²) in [6.45, 7) is 2.11. The minimum atomic E-state index is -0.305. The maximum absolute atomic E-state index is 13.6. The van der Waals surface area contributed by atoms with Gasteiger partial charge in [0, 0.05) is 11.5 Å². The van der Waals surface area contributed by atoms with Crippen LogP contribution in [0.15, 0.2) is 22.7 Å². The zero-order valence-electron chi connectivity index (χ0n) is 11.7. The van der Waals surface area contributed by atoms with Crippen LogP contribution in [0.5, 0.6) is 0 Å². The molecule has 2 heterocycles. The summed E-state index contributed by atoms with van der Waals surface area (Å²) in [5.74, 6) is -0.305. The molecule has 0 aliphatic rings. The van der Waals surface area contributed by atoms with Crippen LogP contribution in [0.4, 0.5) is 4.39 Å². The quantitative estimate of drug-likeness (QED) is 0.700. The molecule has 0 fully saturated rings. The van der Waals surface area contributed by atoms with Crippen LogP contribution in [0.3, 0.4) is 0 Å². The number of aromatic nitrogens is 4. The minimum absolute atomic E-state index is 0.305. The zero-order chi connectivity index (χ0) is 15.1. The smallest absolute Gasteiger partial charge is 0.184 e. The molecule has 0 atom stereocenters. The predicted molar refractivity (Wildman–Crippen MR) is 86.9 cm³/mol. The minimum Gasteiger partial charge on any atom is -0.327 e. The summed E-state index contributed by atoms with van der Waals surface area (Å²) in [5, 5.41) is 4.53. The number of halogens is 2. The highest BCUT2D eigenvalue weighted by Crippen LogP contribution is 2.28. The fourth-order valence-electron chi connectivity index (χ4n) is 2.51. The van der Waals surface area contributed by atoms with E-state index in [0.717, 1.165) is 34.2 Å². The van der Waals surface area contributed by atoms with Crippen molar-refractivity contribution < 1.29 is 4.39 Å². The molecule has 0 saturated heterocycles. The van der Waals surface area contributed by atoms with Crippen LogP contribution >= 0.6 is 28.1 Å². The van der Waals surface area contributed by atoms with Gasteiger partial charge in [0.25, 0.3) is 0 Å². The molecular weight excluding hydrogens is 355 g/mol. The number of benzene rings is 1. The number of fused-ring (bicyclic) bond motifs is 1. The summed E-state index contributed by atoms with van der Waals surface area (Å²) < 4.78 is 18.5. The number of nitrogens with zero attached hydrogens (tertiary/aromatic N) is 3. The SMILES string of the molecule is CCCc1nn(C)c2c1[nH]c(=S)n2-c1cc(F)ccc1Br. The lowest BCUT2D eigenvalue weighted by Crippen LogP contribution is -2.02. The number of imidazole rings is 1. The molecule has 3 rings (SSSR count). The fourth-order valence-corrected chi connectivity index (χ4v) is 3.22. The van der Waals surface area contributed by atoms with Gasteiger partial charge in [0.05, 0.1) is 11.4 Å². The van der Waals surface area contributed by atoms with Crippen molar-refractivity contribution in [3.63, 3.8) is 0 Å². The Morgan fingerprint density at radius 2 is 2.19 bits per heavy atom. The normalized spacial score (nSPS) is 11.4. The number of hydrogen-bond acceptors (Lipinski definition) is 2. The van der Waals surface area contributed by atoms with E-state index in [-0.39, 0.29) is 5.82 Å². The molecule has 0 amide bonds. The highest BCUT2D eigenvalue weighted by atomic mass is 79.9. The van der Waals surface area contributed by atoms with Crippen molar-refractivity contribution in [2.24, 2.45) is 7.05 Å². The lowest BCUT2D eigenvalue weighted by atomic mass is 10.2. The van der Waals surface area contributed by atoms with Gasteiger partial charge in [-0.3, -0.25) is 4.57 Å². The summed E-state index contributed by atoms with van der Waals surface area (Å²) in [7, 11) is 1.87. The Morgan fingerprint density at radius 3 is 2.90 bits per heavy atom. The fraction of sp³-hybridized carbons (Fsp3) is 0.286. The monoisotopic (exact) mass is 368 g/mol. The lowest BCUT2D eigenvalue weighted by Gasteiger charge is -2.07. The van der Waals surface area contributed by atoms with E-state index < -0.39 is 0 Å². The Hall–Kier alpha value is -1.47. The number of nitrogens with one attached hydrogen (secondary N) is 1. The van der Waals surface area contributed by atoms with E-state index in [1.807, 2.05) is 11.6 Å². The molecule has 0 saturated carbocycles. The van der Waals surface area contributed by atoms with E-state index in [1.54, 1.807) is 10.7 Å². The maximum Gasteiger partial charge on any atom is 0.184 e. The van der Waals surface area contributed by atoms with Gasteiger partial charge in [-0.25, -0.2) is 9.07 Å². The van der Waals surface area contributed by atoms with Crippen molar-refractivity contribution in [2.75, 3.05) is 0 Å². The van der Waals surface area contributed by atoms with Crippen molar-refractivity contribution in [3.05, 3.63) is 39.0 Å². The molecule has 21 heavy (non-hydrogen) atoms. The van der Waals surface area contributed by atoms with Gasteiger partial charge >= 0.3 is 0 Å². The van der Waals surface area contributed by atoms with Crippen molar-refractivity contribution in [3.8, 4) is 5.69 Å². The second-order valence-electron chi connectivity index (χ2n) is 4.88. The van der Waals surface area contributed by atoms with Crippen molar-refractivity contribution in [1.82, 2.24) is 19.3 Å². The first-order valence-electron chi connectivity index (χ1n) is 6.65. The lowest BCUT2D eigenvalue weighted by molar-refractivity contribution is 0.626. The molecule has 1 aromatic carbocycles. The van der Waals surface area contributed by atoms with Crippen LogP contribution < -0.4 is 0 Å². The van der Waals surface area contributed by atoms with E-state index in [1.165, 1.54) is 12.1 Å². The number of aromatic amines is 1. The van der Waals surface area contributed by atoms with Gasteiger partial charge in [-0.15, -0.1) is 0 Å². The van der Waals surface area contributed by atoms with Crippen molar-refractivity contribution in [2.45, 2.75) is 19.8 Å². The molecular formula is C14H14BrFN4S. The van der Waals surface area contributed by atoms with Crippen LogP contribution in [0.2, 0.25) is 0 Å². The Bertz CT molecular complexity index is 877. The zero-order valence-corrected chi connectivity index (χ0v) is 14.1. The number of H-pyrrole nitrogens is 1. The van der Waals surface area contributed by atoms with Crippen LogP contribution in [0.1, 0.15) is 19.0 Å². The first-order chi connectivity index (χ1) is 10.0. The Kier molecular flexibility index (Phi) is 3.71. The van der Waals surface area contributed by atoms with E-state index in [2.05, 4.69) is 32.9 Å². The van der Waals surface area contributed by atoms with Gasteiger partial charge in [0.2, 0.25) is 0 Å². The van der Waals surface area contributed by atoms with Crippen LogP contribution in [-0.2, 0) is 13.5 Å². The summed E-state index contributed by atoms with van der Waals surface area (Å²) in [6, 6.07) is 4.54. The van der Waals surface area contributed by atoms with E-state index in [9.17, 15) is 4.39 Å². The highest BCUT2D eigenvalue weighted by Gasteiger charge is 2.17. The van der Waals surface area contributed by atoms with E-state index >= 15 is 0 Å². The van der Waals surface area contributed by atoms with Gasteiger partial charge in [0.1, 0.15) is 11.3 Å². The van der Waals surface area contributed by atoms with E-state index in [4.69, 9.17) is 12.2 Å². The molecule has 0 spiro atoms. The van der Waals surface area contributed by atoms with Gasteiger partial charge in [-0.1, -0.05) is 13.3 Å². The average Bonchev–Trinajstić information content (AvgIpc) is 2.91. The second kappa shape index (κ2) is 5.38. The third-order valence-corrected chi connectivity index (χ3v) is 4.33. The van der Waals surface area contributed by atoms with Gasteiger partial charge < -0.3 is 4.98 Å². The largest absolute Gasteiger partial charge is 0.327 e. The number of rotatable bonds is 3. The number of hydrogen-bond donors (Lipinski definition) is 1. The molecule has 0 bridgehead atoms. The second-order valence-corrected chi connectivity index (χ2v) is 6.12. The van der Waals surface area contributed by atoms with Gasteiger partial charge in [0.15, 0.2) is 10.4 Å². The van der Waals surface area contributed by atoms with Crippen LogP contribution in [-0.4, -0.2) is 19.3 Å². The Balaban J connectivity index is 2.35. The molecule has 0 aliphatic heterocycles.